The van der Waals surface area contributed by atoms with Crippen molar-refractivity contribution in [1.82, 2.24) is 14.9 Å². The molecule has 0 spiro atoms. The van der Waals surface area contributed by atoms with Crippen LogP contribution < -0.4 is 9.80 Å². The van der Waals surface area contributed by atoms with Gasteiger partial charge in [-0.3, -0.25) is 9.69 Å². The Kier molecular flexibility index (Phi) is 4.63. The first-order valence-electron chi connectivity index (χ1n) is 7.98. The van der Waals surface area contributed by atoms with Gasteiger partial charge in [-0.1, -0.05) is 0 Å². The summed E-state index contributed by atoms with van der Waals surface area (Å²) < 4.78 is 0. The van der Waals surface area contributed by atoms with Gasteiger partial charge in [-0.15, -0.1) is 0 Å². The highest BCUT2D eigenvalue weighted by atomic mass is 16.4. The highest BCUT2D eigenvalue weighted by molar-refractivity contribution is 5.74. The van der Waals surface area contributed by atoms with Crippen LogP contribution in [0.4, 0.5) is 11.8 Å². The third-order valence-corrected chi connectivity index (χ3v) is 4.63. The molecule has 1 atom stereocenters. The van der Waals surface area contributed by atoms with Crippen LogP contribution in [-0.4, -0.2) is 83.0 Å². The van der Waals surface area contributed by atoms with Gasteiger partial charge in [0.05, 0.1) is 6.10 Å². The first kappa shape index (κ1) is 15.9. The van der Waals surface area contributed by atoms with E-state index in [9.17, 15) is 15.0 Å². The van der Waals surface area contributed by atoms with Crippen molar-refractivity contribution in [3.05, 3.63) is 12.3 Å². The maximum Gasteiger partial charge on any atom is 0.322 e. The molecule has 2 aliphatic heterocycles. The van der Waals surface area contributed by atoms with E-state index in [4.69, 9.17) is 0 Å². The van der Waals surface area contributed by atoms with Crippen molar-refractivity contribution >= 4 is 17.7 Å². The lowest BCUT2D eigenvalue weighted by molar-refractivity contribution is -0.142. The number of aliphatic carboxylic acids is 1. The van der Waals surface area contributed by atoms with Gasteiger partial charge in [0.1, 0.15) is 11.9 Å². The zero-order valence-electron chi connectivity index (χ0n) is 13.3. The zero-order valence-corrected chi connectivity index (χ0v) is 13.3. The van der Waals surface area contributed by atoms with E-state index in [2.05, 4.69) is 14.9 Å². The summed E-state index contributed by atoms with van der Waals surface area (Å²) in [4.78, 5) is 26.2. The van der Waals surface area contributed by atoms with E-state index >= 15 is 0 Å². The number of hydrogen-bond donors (Lipinski definition) is 2. The van der Waals surface area contributed by atoms with Crippen molar-refractivity contribution in [1.29, 1.82) is 0 Å². The molecule has 8 nitrogen and oxygen atoms in total. The molecule has 0 amide bonds. The van der Waals surface area contributed by atoms with Gasteiger partial charge >= 0.3 is 5.97 Å². The average molecular weight is 321 g/mol. The molecule has 8 heteroatoms. The Morgan fingerprint density at radius 1 is 1.22 bits per heavy atom. The Labute approximate surface area is 135 Å². The quantitative estimate of drug-likeness (QED) is 0.780. The van der Waals surface area contributed by atoms with Gasteiger partial charge in [0.25, 0.3) is 0 Å². The SMILES string of the molecule is CN1CCN(c2nccc(N3CCC(O)CC3)n2)C[C@@H]1C(=O)O. The molecule has 1 aromatic rings. The number of anilines is 2. The highest BCUT2D eigenvalue weighted by Crippen LogP contribution is 2.21. The lowest BCUT2D eigenvalue weighted by atomic mass is 10.1. The first-order chi connectivity index (χ1) is 11.0. The molecular formula is C15H23N5O3. The van der Waals surface area contributed by atoms with Crippen LogP contribution >= 0.6 is 0 Å². The Morgan fingerprint density at radius 3 is 2.65 bits per heavy atom. The van der Waals surface area contributed by atoms with Gasteiger partial charge in [-0.25, -0.2) is 4.98 Å². The zero-order chi connectivity index (χ0) is 16.4. The number of carboxylic acids is 1. The smallest absolute Gasteiger partial charge is 0.322 e. The largest absolute Gasteiger partial charge is 0.480 e. The predicted octanol–water partition coefficient (Wildman–Crippen LogP) is -0.357. The number of piperidine rings is 1. The van der Waals surface area contributed by atoms with E-state index in [0.717, 1.165) is 31.7 Å². The summed E-state index contributed by atoms with van der Waals surface area (Å²) in [6.45, 7) is 3.31. The third kappa shape index (κ3) is 3.53. The second-order valence-electron chi connectivity index (χ2n) is 6.21. The normalized spacial score (nSPS) is 24.0. The summed E-state index contributed by atoms with van der Waals surface area (Å²) in [5, 5.41) is 18.9. The Bertz CT molecular complexity index is 562. The fourth-order valence-corrected chi connectivity index (χ4v) is 3.08. The monoisotopic (exact) mass is 321 g/mol. The van der Waals surface area contributed by atoms with Gasteiger partial charge in [0.2, 0.25) is 5.95 Å². The van der Waals surface area contributed by atoms with Gasteiger partial charge in [0, 0.05) is 38.9 Å². The predicted molar refractivity (Wildman–Crippen MR) is 85.8 cm³/mol. The molecule has 0 aromatic carbocycles. The summed E-state index contributed by atoms with van der Waals surface area (Å²) in [7, 11) is 1.83. The Hall–Kier alpha value is -1.93. The number of nitrogens with zero attached hydrogens (tertiary/aromatic N) is 5. The Balaban J connectivity index is 1.73. The van der Waals surface area contributed by atoms with Gasteiger partial charge in [-0.05, 0) is 26.0 Å². The van der Waals surface area contributed by atoms with Gasteiger partial charge < -0.3 is 20.0 Å². The molecule has 0 bridgehead atoms. The molecule has 2 N–H and O–H groups in total. The third-order valence-electron chi connectivity index (χ3n) is 4.63. The van der Waals surface area contributed by atoms with Gasteiger partial charge in [0.15, 0.2) is 0 Å². The highest BCUT2D eigenvalue weighted by Gasteiger charge is 2.31. The number of carbonyl (C=O) groups is 1. The topological polar surface area (TPSA) is 93.0 Å². The molecule has 2 fully saturated rings. The van der Waals surface area contributed by atoms with Crippen LogP contribution in [0.5, 0.6) is 0 Å². The van der Waals surface area contributed by atoms with Crippen molar-refractivity contribution in [2.24, 2.45) is 0 Å². The maximum atomic E-state index is 11.3. The fourth-order valence-electron chi connectivity index (χ4n) is 3.08. The molecule has 3 rings (SSSR count). The number of piperazine rings is 1. The standard InChI is InChI=1S/C15H23N5O3/c1-18-8-9-20(10-12(18)14(22)23)15-16-5-2-13(17-15)19-6-3-11(21)4-7-19/h2,5,11-12,21H,3-4,6-10H2,1H3,(H,22,23)/t12-/m1/s1. The molecule has 0 saturated carbocycles. The Morgan fingerprint density at radius 2 is 1.96 bits per heavy atom. The van der Waals surface area contributed by atoms with Crippen molar-refractivity contribution in [2.75, 3.05) is 49.6 Å². The lowest BCUT2D eigenvalue weighted by Gasteiger charge is -2.37. The van der Waals surface area contributed by atoms with Crippen LogP contribution in [0.1, 0.15) is 12.8 Å². The second-order valence-corrected chi connectivity index (χ2v) is 6.21. The van der Waals surface area contributed by atoms with Crippen LogP contribution in [0.25, 0.3) is 0 Å². The molecule has 0 unspecified atom stereocenters. The summed E-state index contributed by atoms with van der Waals surface area (Å²) >= 11 is 0. The fraction of sp³-hybridized carbons (Fsp3) is 0.667. The number of rotatable bonds is 3. The maximum absolute atomic E-state index is 11.3. The minimum Gasteiger partial charge on any atom is -0.480 e. The van der Waals surface area contributed by atoms with E-state index in [1.54, 1.807) is 6.20 Å². The number of aliphatic hydroxyl groups excluding tert-OH is 1. The molecule has 1 aromatic heterocycles. The van der Waals surface area contributed by atoms with E-state index in [-0.39, 0.29) is 6.10 Å². The van der Waals surface area contributed by atoms with Gasteiger partial charge in [-0.2, -0.15) is 4.98 Å². The average Bonchev–Trinajstić information content (AvgIpc) is 2.56. The minimum absolute atomic E-state index is 0.221. The number of aliphatic hydroxyl groups is 1. The van der Waals surface area contributed by atoms with Crippen LogP contribution in [0.3, 0.4) is 0 Å². The first-order valence-corrected chi connectivity index (χ1v) is 7.98. The molecule has 2 aliphatic rings. The van der Waals surface area contributed by atoms with Crippen LogP contribution in [0.2, 0.25) is 0 Å². The molecule has 2 saturated heterocycles. The number of carboxylic acid groups (broad SMARTS) is 1. The summed E-state index contributed by atoms with van der Waals surface area (Å²) in [5.74, 6) is 0.596. The van der Waals surface area contributed by atoms with Crippen molar-refractivity contribution in [3.8, 4) is 0 Å². The summed E-state index contributed by atoms with van der Waals surface area (Å²) in [6.07, 6.45) is 2.99. The molecule has 0 aliphatic carbocycles. The van der Waals surface area contributed by atoms with E-state index < -0.39 is 12.0 Å². The van der Waals surface area contributed by atoms with Crippen LogP contribution in [-0.2, 0) is 4.79 Å². The molecular weight excluding hydrogens is 298 g/mol. The van der Waals surface area contributed by atoms with E-state index in [1.807, 2.05) is 22.9 Å². The van der Waals surface area contributed by atoms with Crippen LogP contribution in [0.15, 0.2) is 12.3 Å². The number of hydrogen-bond acceptors (Lipinski definition) is 7. The molecule has 3 heterocycles. The number of likely N-dealkylation sites (N-methyl/N-ethyl adjacent to an activating group) is 1. The molecule has 0 radical (unpaired) electrons. The second kappa shape index (κ2) is 6.67. The summed E-state index contributed by atoms with van der Waals surface area (Å²) in [6, 6.07) is 1.33. The van der Waals surface area contributed by atoms with E-state index in [1.165, 1.54) is 0 Å². The van der Waals surface area contributed by atoms with Crippen LogP contribution in [0, 0.1) is 0 Å². The van der Waals surface area contributed by atoms with Crippen molar-refractivity contribution in [3.63, 3.8) is 0 Å². The molecule has 23 heavy (non-hydrogen) atoms. The summed E-state index contributed by atoms with van der Waals surface area (Å²) in [5.41, 5.74) is 0. The van der Waals surface area contributed by atoms with E-state index in [0.29, 0.717) is 25.6 Å². The minimum atomic E-state index is -0.821. The number of aromatic nitrogens is 2. The van der Waals surface area contributed by atoms with Crippen molar-refractivity contribution < 1.29 is 15.0 Å². The lowest BCUT2D eigenvalue weighted by Crippen LogP contribution is -2.55. The molecule has 126 valence electrons. The van der Waals surface area contributed by atoms with Crippen molar-refractivity contribution in [2.45, 2.75) is 25.0 Å².